The van der Waals surface area contributed by atoms with Crippen LogP contribution in [-0.4, -0.2) is 23.4 Å². The van der Waals surface area contributed by atoms with Crippen molar-refractivity contribution in [3.63, 3.8) is 0 Å². The number of phenols is 1. The summed E-state index contributed by atoms with van der Waals surface area (Å²) >= 11 is 5.73. The molecule has 1 unspecified atom stereocenters. The molecule has 0 bridgehead atoms. The molecule has 0 aliphatic carbocycles. The van der Waals surface area contributed by atoms with Crippen LogP contribution >= 0.6 is 11.6 Å². The molecule has 0 spiro atoms. The fourth-order valence-corrected chi connectivity index (χ4v) is 2.13. The molecule has 17 heavy (non-hydrogen) atoms. The van der Waals surface area contributed by atoms with Crippen molar-refractivity contribution < 1.29 is 9.90 Å². The maximum atomic E-state index is 11.8. The normalized spacial score (nSPS) is 19.4. The van der Waals surface area contributed by atoms with E-state index in [1.165, 1.54) is 23.1 Å². The van der Waals surface area contributed by atoms with Gasteiger partial charge in [0.1, 0.15) is 5.75 Å². The molecular formula is C12H11ClN2O2. The molecule has 1 amide bonds. The third-order valence-corrected chi connectivity index (χ3v) is 3.26. The number of alkyl halides is 1. The van der Waals surface area contributed by atoms with Gasteiger partial charge >= 0.3 is 0 Å². The number of halogens is 1. The summed E-state index contributed by atoms with van der Waals surface area (Å²) < 4.78 is 0. The van der Waals surface area contributed by atoms with Crippen LogP contribution in [0, 0.1) is 17.2 Å². The number of anilines is 1. The molecule has 0 radical (unpaired) electrons. The molecule has 0 saturated carbocycles. The number of phenolic OH excluding ortho intramolecular Hbond substituents is 1. The number of carbonyl (C=O) groups is 1. The third kappa shape index (κ3) is 2.20. The van der Waals surface area contributed by atoms with Crippen molar-refractivity contribution in [2.24, 2.45) is 5.92 Å². The Kier molecular flexibility index (Phi) is 3.21. The molecule has 1 aliphatic heterocycles. The molecule has 2 rings (SSSR count). The highest BCUT2D eigenvalue weighted by atomic mass is 35.5. The first-order valence-corrected chi connectivity index (χ1v) is 5.78. The van der Waals surface area contributed by atoms with Crippen molar-refractivity contribution in [2.75, 3.05) is 17.3 Å². The van der Waals surface area contributed by atoms with Gasteiger partial charge in [0.05, 0.1) is 17.3 Å². The Morgan fingerprint density at radius 3 is 2.94 bits per heavy atom. The minimum absolute atomic E-state index is 0.00701. The highest BCUT2D eigenvalue weighted by Gasteiger charge is 2.31. The first-order valence-electron chi connectivity index (χ1n) is 5.25. The number of aromatic hydroxyl groups is 1. The monoisotopic (exact) mass is 250 g/mol. The van der Waals surface area contributed by atoms with Gasteiger partial charge in [-0.15, -0.1) is 11.6 Å². The Morgan fingerprint density at radius 1 is 1.59 bits per heavy atom. The second-order valence-electron chi connectivity index (χ2n) is 4.04. The Balaban J connectivity index is 2.34. The van der Waals surface area contributed by atoms with Crippen molar-refractivity contribution in [1.82, 2.24) is 0 Å². The van der Waals surface area contributed by atoms with Crippen molar-refractivity contribution in [1.29, 1.82) is 5.26 Å². The maximum Gasteiger partial charge on any atom is 0.227 e. The number of rotatable bonds is 2. The van der Waals surface area contributed by atoms with Crippen LogP contribution in [0.2, 0.25) is 0 Å². The molecule has 1 atom stereocenters. The summed E-state index contributed by atoms with van der Waals surface area (Å²) in [5, 5.41) is 18.5. The molecule has 1 fully saturated rings. The van der Waals surface area contributed by atoms with E-state index in [2.05, 4.69) is 0 Å². The molecular weight excluding hydrogens is 240 g/mol. The van der Waals surface area contributed by atoms with Gasteiger partial charge in [-0.1, -0.05) is 0 Å². The number of amides is 1. The predicted octanol–water partition coefficient (Wildman–Crippen LogP) is 1.86. The summed E-state index contributed by atoms with van der Waals surface area (Å²) in [4.78, 5) is 13.3. The first-order chi connectivity index (χ1) is 8.15. The van der Waals surface area contributed by atoms with E-state index in [0.717, 1.165) is 0 Å². The average molecular weight is 251 g/mol. The summed E-state index contributed by atoms with van der Waals surface area (Å²) in [6.07, 6.45) is 0.389. The Morgan fingerprint density at radius 2 is 2.35 bits per heavy atom. The van der Waals surface area contributed by atoms with Gasteiger partial charge in [0.25, 0.3) is 0 Å². The van der Waals surface area contributed by atoms with Gasteiger partial charge in [-0.05, 0) is 24.1 Å². The molecule has 1 N–H and O–H groups in total. The van der Waals surface area contributed by atoms with Crippen LogP contribution in [0.1, 0.15) is 12.0 Å². The Bertz CT molecular complexity index is 496. The van der Waals surface area contributed by atoms with E-state index in [-0.39, 0.29) is 17.6 Å². The van der Waals surface area contributed by atoms with Crippen molar-refractivity contribution in [2.45, 2.75) is 6.42 Å². The second-order valence-corrected chi connectivity index (χ2v) is 4.35. The fraction of sp³-hybridized carbons (Fsp3) is 0.333. The molecule has 0 aromatic heterocycles. The predicted molar refractivity (Wildman–Crippen MR) is 64.0 cm³/mol. The largest absolute Gasteiger partial charge is 0.506 e. The zero-order valence-electron chi connectivity index (χ0n) is 9.06. The lowest BCUT2D eigenvalue weighted by molar-refractivity contribution is -0.117. The van der Waals surface area contributed by atoms with E-state index in [1.54, 1.807) is 0 Å². The SMILES string of the molecule is N#Cc1ccc(O)c(N2CC(CCl)CC2=O)c1. The van der Waals surface area contributed by atoms with Gasteiger partial charge in [-0.2, -0.15) is 5.26 Å². The van der Waals surface area contributed by atoms with Gasteiger partial charge in [0.2, 0.25) is 5.91 Å². The molecule has 1 aliphatic rings. The minimum Gasteiger partial charge on any atom is -0.506 e. The fourth-order valence-electron chi connectivity index (χ4n) is 1.93. The maximum absolute atomic E-state index is 11.8. The average Bonchev–Trinajstić information content (AvgIpc) is 2.71. The highest BCUT2D eigenvalue weighted by Crippen LogP contribution is 2.33. The summed E-state index contributed by atoms with van der Waals surface area (Å²) in [5.41, 5.74) is 0.807. The van der Waals surface area contributed by atoms with Gasteiger partial charge in [0, 0.05) is 18.8 Å². The number of benzene rings is 1. The second kappa shape index (κ2) is 4.64. The molecule has 1 heterocycles. The topological polar surface area (TPSA) is 64.3 Å². The Labute approximate surface area is 104 Å². The quantitative estimate of drug-likeness (QED) is 0.815. The molecule has 1 aromatic rings. The minimum atomic E-state index is -0.0685. The number of nitrogens with zero attached hydrogens (tertiary/aromatic N) is 2. The summed E-state index contributed by atoms with van der Waals surface area (Å²) in [6.45, 7) is 0.491. The van der Waals surface area contributed by atoms with Gasteiger partial charge in [0.15, 0.2) is 0 Å². The lowest BCUT2D eigenvalue weighted by atomic mass is 10.1. The zero-order chi connectivity index (χ0) is 12.4. The van der Waals surface area contributed by atoms with Crippen molar-refractivity contribution in [3.05, 3.63) is 23.8 Å². The standard InChI is InChI=1S/C12H11ClN2O2/c13-5-9-4-12(17)15(7-9)10-3-8(6-14)1-2-11(10)16/h1-3,9,16H,4-5,7H2. The van der Waals surface area contributed by atoms with Crippen LogP contribution < -0.4 is 4.90 Å². The van der Waals surface area contributed by atoms with Crippen molar-refractivity contribution in [3.8, 4) is 11.8 Å². The lowest BCUT2D eigenvalue weighted by Crippen LogP contribution is -2.24. The first kappa shape index (κ1) is 11.7. The van der Waals surface area contributed by atoms with E-state index < -0.39 is 0 Å². The van der Waals surface area contributed by atoms with Crippen molar-refractivity contribution >= 4 is 23.2 Å². The van der Waals surface area contributed by atoms with E-state index in [0.29, 0.717) is 30.1 Å². The number of carbonyl (C=O) groups excluding carboxylic acids is 1. The molecule has 1 saturated heterocycles. The van der Waals surface area contributed by atoms with Crippen LogP contribution in [-0.2, 0) is 4.79 Å². The van der Waals surface area contributed by atoms with E-state index in [4.69, 9.17) is 16.9 Å². The van der Waals surface area contributed by atoms with Gasteiger partial charge in [-0.3, -0.25) is 4.79 Å². The number of hydrogen-bond acceptors (Lipinski definition) is 3. The van der Waals surface area contributed by atoms with Gasteiger partial charge < -0.3 is 10.0 Å². The lowest BCUT2D eigenvalue weighted by Gasteiger charge is -2.17. The third-order valence-electron chi connectivity index (χ3n) is 2.82. The van der Waals surface area contributed by atoms with E-state index >= 15 is 0 Å². The summed E-state index contributed by atoms with van der Waals surface area (Å²) in [7, 11) is 0. The van der Waals surface area contributed by atoms with Gasteiger partial charge in [-0.25, -0.2) is 0 Å². The number of hydrogen-bond donors (Lipinski definition) is 1. The van der Waals surface area contributed by atoms with E-state index in [9.17, 15) is 9.90 Å². The highest BCUT2D eigenvalue weighted by molar-refractivity contribution is 6.18. The van der Waals surface area contributed by atoms with E-state index in [1.807, 2.05) is 6.07 Å². The van der Waals surface area contributed by atoms with Crippen LogP contribution in [0.5, 0.6) is 5.75 Å². The van der Waals surface area contributed by atoms with Crippen LogP contribution in [0.25, 0.3) is 0 Å². The molecule has 88 valence electrons. The van der Waals surface area contributed by atoms with Crippen LogP contribution in [0.4, 0.5) is 5.69 Å². The smallest absolute Gasteiger partial charge is 0.227 e. The Hall–Kier alpha value is -1.73. The summed E-state index contributed by atoms with van der Waals surface area (Å²) in [5.74, 6) is 0.462. The molecule has 4 nitrogen and oxygen atoms in total. The van der Waals surface area contributed by atoms with Crippen LogP contribution in [0.3, 0.4) is 0 Å². The summed E-state index contributed by atoms with van der Waals surface area (Å²) in [6, 6.07) is 6.44. The molecule has 1 aromatic carbocycles. The molecule has 5 heteroatoms. The van der Waals surface area contributed by atoms with Crippen LogP contribution in [0.15, 0.2) is 18.2 Å². The zero-order valence-corrected chi connectivity index (χ0v) is 9.81. The number of nitriles is 1.